The van der Waals surface area contributed by atoms with Gasteiger partial charge in [-0.1, -0.05) is 28.1 Å². The van der Waals surface area contributed by atoms with E-state index in [4.69, 9.17) is 15.2 Å². The Labute approximate surface area is 110 Å². The summed E-state index contributed by atoms with van der Waals surface area (Å²) in [4.78, 5) is 0. The fraction of sp³-hybridized carbons (Fsp3) is 0.538. The van der Waals surface area contributed by atoms with Crippen LogP contribution < -0.4 is 5.73 Å². The molecular formula is C13H18BrNO2. The highest BCUT2D eigenvalue weighted by atomic mass is 79.9. The second-order valence-corrected chi connectivity index (χ2v) is 5.21. The average Bonchev–Trinajstić information content (AvgIpc) is 2.31. The molecule has 4 heteroatoms. The molecule has 0 saturated heterocycles. The van der Waals surface area contributed by atoms with Gasteiger partial charge >= 0.3 is 0 Å². The Morgan fingerprint density at radius 3 is 2.88 bits per heavy atom. The molecule has 3 unspecified atom stereocenters. The number of ether oxygens (including phenoxy) is 2. The van der Waals surface area contributed by atoms with Gasteiger partial charge < -0.3 is 15.2 Å². The van der Waals surface area contributed by atoms with Crippen molar-refractivity contribution >= 4 is 15.9 Å². The van der Waals surface area contributed by atoms with E-state index in [-0.39, 0.29) is 18.2 Å². The maximum atomic E-state index is 5.88. The maximum absolute atomic E-state index is 5.88. The predicted octanol–water partition coefficient (Wildman–Crippen LogP) is 2.47. The maximum Gasteiger partial charge on any atom is 0.0988 e. The molecule has 0 amide bonds. The van der Waals surface area contributed by atoms with Gasteiger partial charge in [0, 0.05) is 17.1 Å². The Bertz CT molecular complexity index is 372. The fourth-order valence-electron chi connectivity index (χ4n) is 2.03. The summed E-state index contributed by atoms with van der Waals surface area (Å²) in [5.41, 5.74) is 7.04. The summed E-state index contributed by atoms with van der Waals surface area (Å²) in [6.07, 6.45) is 1.09. The van der Waals surface area contributed by atoms with Crippen molar-refractivity contribution in [3.05, 3.63) is 34.3 Å². The molecule has 0 aromatic heterocycles. The fourth-order valence-corrected chi connectivity index (χ4v) is 2.48. The molecule has 17 heavy (non-hydrogen) atoms. The number of halogens is 1. The van der Waals surface area contributed by atoms with Gasteiger partial charge in [0.2, 0.25) is 0 Å². The molecule has 0 bridgehead atoms. The third-order valence-electron chi connectivity index (χ3n) is 3.01. The Morgan fingerprint density at radius 1 is 1.41 bits per heavy atom. The summed E-state index contributed by atoms with van der Waals surface area (Å²) in [6.45, 7) is 3.28. The van der Waals surface area contributed by atoms with Gasteiger partial charge in [-0.05, 0) is 31.0 Å². The van der Waals surface area contributed by atoms with Crippen molar-refractivity contribution in [2.24, 2.45) is 5.73 Å². The van der Waals surface area contributed by atoms with Gasteiger partial charge in [0.1, 0.15) is 0 Å². The molecule has 0 radical (unpaired) electrons. The van der Waals surface area contributed by atoms with Crippen molar-refractivity contribution in [2.45, 2.75) is 38.2 Å². The molecule has 3 atom stereocenters. The van der Waals surface area contributed by atoms with Crippen molar-refractivity contribution in [2.75, 3.05) is 6.61 Å². The van der Waals surface area contributed by atoms with E-state index < -0.39 is 0 Å². The van der Waals surface area contributed by atoms with Crippen molar-refractivity contribution in [1.82, 2.24) is 0 Å². The van der Waals surface area contributed by atoms with Crippen LogP contribution in [-0.4, -0.2) is 24.9 Å². The summed E-state index contributed by atoms with van der Waals surface area (Å²) in [7, 11) is 0. The summed E-state index contributed by atoms with van der Waals surface area (Å²) >= 11 is 3.45. The van der Waals surface area contributed by atoms with E-state index in [1.807, 2.05) is 19.1 Å². The first kappa shape index (κ1) is 13.0. The minimum absolute atomic E-state index is 0.0622. The Balaban J connectivity index is 1.82. The molecule has 1 aromatic carbocycles. The quantitative estimate of drug-likeness (QED) is 0.908. The number of benzene rings is 1. The van der Waals surface area contributed by atoms with Crippen molar-refractivity contribution in [1.29, 1.82) is 0 Å². The van der Waals surface area contributed by atoms with Crippen LogP contribution in [0.4, 0.5) is 0 Å². The molecule has 2 N–H and O–H groups in total. The van der Waals surface area contributed by atoms with Gasteiger partial charge in [-0.3, -0.25) is 0 Å². The summed E-state index contributed by atoms with van der Waals surface area (Å²) in [5.74, 6) is 0. The lowest BCUT2D eigenvalue weighted by atomic mass is 9.86. The molecule has 0 spiro atoms. The van der Waals surface area contributed by atoms with E-state index in [1.165, 1.54) is 0 Å². The standard InChI is InChI=1S/C13H18BrNO2/c1-2-16-13-11(15)7-12(13)17-8-9-4-3-5-10(14)6-9/h3-6,11-13H,2,7-8,15H2,1H3. The second kappa shape index (κ2) is 5.96. The van der Waals surface area contributed by atoms with Crippen LogP contribution in [0.1, 0.15) is 18.9 Å². The molecule has 1 fully saturated rings. The Hall–Kier alpha value is -0.420. The molecule has 1 aromatic rings. The van der Waals surface area contributed by atoms with Gasteiger partial charge in [0.25, 0.3) is 0 Å². The lowest BCUT2D eigenvalue weighted by molar-refractivity contribution is -0.142. The number of hydrogen-bond acceptors (Lipinski definition) is 3. The molecule has 3 nitrogen and oxygen atoms in total. The summed E-state index contributed by atoms with van der Waals surface area (Å²) in [5, 5.41) is 0. The lowest BCUT2D eigenvalue weighted by Gasteiger charge is -2.41. The topological polar surface area (TPSA) is 44.5 Å². The number of hydrogen-bond donors (Lipinski definition) is 1. The van der Waals surface area contributed by atoms with E-state index >= 15 is 0 Å². The summed E-state index contributed by atoms with van der Waals surface area (Å²) in [6, 6.07) is 8.26. The van der Waals surface area contributed by atoms with E-state index in [0.29, 0.717) is 13.2 Å². The van der Waals surface area contributed by atoms with Crippen molar-refractivity contribution in [3.63, 3.8) is 0 Å². The van der Waals surface area contributed by atoms with Crippen LogP contribution in [0.5, 0.6) is 0 Å². The molecular weight excluding hydrogens is 282 g/mol. The molecule has 1 aliphatic rings. The van der Waals surface area contributed by atoms with Gasteiger partial charge in [0.05, 0.1) is 18.8 Å². The highest BCUT2D eigenvalue weighted by Gasteiger charge is 2.40. The Morgan fingerprint density at radius 2 is 2.24 bits per heavy atom. The SMILES string of the molecule is CCOC1C(N)CC1OCc1cccc(Br)c1. The van der Waals surface area contributed by atoms with Crippen LogP contribution in [0, 0.1) is 0 Å². The predicted molar refractivity (Wildman–Crippen MR) is 70.7 cm³/mol. The monoisotopic (exact) mass is 299 g/mol. The molecule has 1 saturated carbocycles. The number of rotatable bonds is 5. The first-order valence-electron chi connectivity index (χ1n) is 5.94. The van der Waals surface area contributed by atoms with Crippen LogP contribution in [0.2, 0.25) is 0 Å². The first-order chi connectivity index (χ1) is 8.20. The van der Waals surface area contributed by atoms with Gasteiger partial charge in [-0.15, -0.1) is 0 Å². The first-order valence-corrected chi connectivity index (χ1v) is 6.73. The molecule has 1 aliphatic carbocycles. The van der Waals surface area contributed by atoms with Crippen LogP contribution in [0.25, 0.3) is 0 Å². The van der Waals surface area contributed by atoms with E-state index in [9.17, 15) is 0 Å². The largest absolute Gasteiger partial charge is 0.374 e. The minimum atomic E-state index is 0.0622. The van der Waals surface area contributed by atoms with E-state index in [2.05, 4.69) is 28.1 Å². The highest BCUT2D eigenvalue weighted by molar-refractivity contribution is 9.10. The Kier molecular flexibility index (Phi) is 4.56. The van der Waals surface area contributed by atoms with Gasteiger partial charge in [0.15, 0.2) is 0 Å². The molecule has 0 heterocycles. The second-order valence-electron chi connectivity index (χ2n) is 4.30. The van der Waals surface area contributed by atoms with Crippen molar-refractivity contribution < 1.29 is 9.47 Å². The molecule has 94 valence electrons. The van der Waals surface area contributed by atoms with E-state index in [0.717, 1.165) is 16.5 Å². The van der Waals surface area contributed by atoms with Crippen molar-refractivity contribution in [3.8, 4) is 0 Å². The van der Waals surface area contributed by atoms with Crippen LogP contribution in [0.3, 0.4) is 0 Å². The summed E-state index contributed by atoms with van der Waals surface area (Å²) < 4.78 is 12.5. The average molecular weight is 300 g/mol. The van der Waals surface area contributed by atoms with Gasteiger partial charge in [-0.2, -0.15) is 0 Å². The third-order valence-corrected chi connectivity index (χ3v) is 3.50. The zero-order valence-corrected chi connectivity index (χ0v) is 11.5. The smallest absolute Gasteiger partial charge is 0.0988 e. The molecule has 0 aliphatic heterocycles. The third kappa shape index (κ3) is 3.28. The van der Waals surface area contributed by atoms with Gasteiger partial charge in [-0.25, -0.2) is 0 Å². The highest BCUT2D eigenvalue weighted by Crippen LogP contribution is 2.26. The normalized spacial score (nSPS) is 27.8. The minimum Gasteiger partial charge on any atom is -0.374 e. The van der Waals surface area contributed by atoms with Crippen LogP contribution in [-0.2, 0) is 16.1 Å². The van der Waals surface area contributed by atoms with Crippen LogP contribution in [0.15, 0.2) is 28.7 Å². The molecule has 2 rings (SSSR count). The zero-order valence-electron chi connectivity index (χ0n) is 9.93. The number of nitrogens with two attached hydrogens (primary N) is 1. The lowest BCUT2D eigenvalue weighted by Crippen LogP contribution is -2.58. The van der Waals surface area contributed by atoms with Crippen LogP contribution >= 0.6 is 15.9 Å². The van der Waals surface area contributed by atoms with E-state index in [1.54, 1.807) is 0 Å². The zero-order chi connectivity index (χ0) is 12.3.